The number of aromatic amines is 1. The van der Waals surface area contributed by atoms with Crippen LogP contribution >= 0.6 is 0 Å². The Morgan fingerprint density at radius 1 is 0.892 bits per heavy atom. The van der Waals surface area contributed by atoms with Crippen molar-refractivity contribution in [3.8, 4) is 5.69 Å². The van der Waals surface area contributed by atoms with Crippen LogP contribution in [0.4, 0.5) is 11.4 Å². The van der Waals surface area contributed by atoms with Crippen molar-refractivity contribution in [1.29, 1.82) is 0 Å². The maximum absolute atomic E-state index is 13.1. The fourth-order valence-electron chi connectivity index (χ4n) is 4.31. The minimum atomic E-state index is -3.80. The molecule has 2 N–H and O–H groups in total. The summed E-state index contributed by atoms with van der Waals surface area (Å²) in [7, 11) is -3.80. The Bertz CT molecular complexity index is 1810. The number of H-pyrrole nitrogens is 1. The van der Waals surface area contributed by atoms with Gasteiger partial charge in [0, 0.05) is 17.3 Å². The first-order valence-electron chi connectivity index (χ1n) is 11.8. The summed E-state index contributed by atoms with van der Waals surface area (Å²) in [5, 5.41) is 4.89. The molecule has 5 aromatic rings. The number of nitrogens with one attached hydrogen (secondary N) is 2. The van der Waals surface area contributed by atoms with E-state index >= 15 is 0 Å². The van der Waals surface area contributed by atoms with Crippen molar-refractivity contribution in [2.45, 2.75) is 25.7 Å². The van der Waals surface area contributed by atoms with Crippen LogP contribution in [0.5, 0.6) is 0 Å². The molecule has 0 atom stereocenters. The molecule has 37 heavy (non-hydrogen) atoms. The molecule has 0 aliphatic heterocycles. The van der Waals surface area contributed by atoms with E-state index in [1.807, 2.05) is 75.4 Å². The molecule has 5 rings (SSSR count). The number of anilines is 1. The van der Waals surface area contributed by atoms with Crippen molar-refractivity contribution in [3.05, 3.63) is 118 Å². The Kier molecular flexibility index (Phi) is 6.27. The van der Waals surface area contributed by atoms with E-state index in [9.17, 15) is 13.2 Å². The first-order valence-corrected chi connectivity index (χ1v) is 13.3. The van der Waals surface area contributed by atoms with Crippen LogP contribution in [0.15, 0.2) is 99.6 Å². The van der Waals surface area contributed by atoms with Crippen LogP contribution in [0, 0.1) is 20.8 Å². The molecule has 0 spiro atoms. The van der Waals surface area contributed by atoms with Gasteiger partial charge in [-0.15, -0.1) is 0 Å². The van der Waals surface area contributed by atoms with Gasteiger partial charge in [0.25, 0.3) is 15.6 Å². The van der Waals surface area contributed by atoms with Crippen molar-refractivity contribution in [2.24, 2.45) is 4.99 Å². The highest BCUT2D eigenvalue weighted by molar-refractivity contribution is 7.92. The average Bonchev–Trinajstić information content (AvgIpc) is 3.16. The van der Waals surface area contributed by atoms with Crippen molar-refractivity contribution < 1.29 is 8.42 Å². The molecule has 7 nitrogen and oxygen atoms in total. The molecule has 0 radical (unpaired) electrons. The molecule has 4 aromatic carbocycles. The number of fused-ring (bicyclic) bond motifs is 1. The Balaban J connectivity index is 1.38. The SMILES string of the molecule is Cc1ccc(-n2[nH]c(C)c(C=Nc3ccc(S(=O)(=O)Nc4cccc5ccccc45)cc3)c2=O)c(C)c1. The average molecular weight is 511 g/mol. The Labute approximate surface area is 215 Å². The first-order chi connectivity index (χ1) is 17.7. The van der Waals surface area contributed by atoms with E-state index in [0.29, 0.717) is 22.6 Å². The van der Waals surface area contributed by atoms with Gasteiger partial charge in [-0.25, -0.2) is 13.1 Å². The lowest BCUT2D eigenvalue weighted by molar-refractivity contribution is 0.601. The van der Waals surface area contributed by atoms with Crippen LogP contribution in [-0.2, 0) is 10.0 Å². The van der Waals surface area contributed by atoms with E-state index in [1.54, 1.807) is 18.2 Å². The third kappa shape index (κ3) is 4.83. The van der Waals surface area contributed by atoms with Gasteiger partial charge in [0.1, 0.15) is 0 Å². The summed E-state index contributed by atoms with van der Waals surface area (Å²) in [6.45, 7) is 5.79. The minimum absolute atomic E-state index is 0.120. The van der Waals surface area contributed by atoms with Gasteiger partial charge in [-0.3, -0.25) is 19.6 Å². The molecular weight excluding hydrogens is 484 g/mol. The largest absolute Gasteiger partial charge is 0.295 e. The lowest BCUT2D eigenvalue weighted by Crippen LogP contribution is -2.18. The normalized spacial score (nSPS) is 11.9. The zero-order valence-electron chi connectivity index (χ0n) is 20.7. The molecule has 0 saturated carbocycles. The Morgan fingerprint density at radius 2 is 1.62 bits per heavy atom. The molecule has 1 aromatic heterocycles. The molecule has 0 fully saturated rings. The highest BCUT2D eigenvalue weighted by Gasteiger charge is 2.16. The number of aromatic nitrogens is 2. The van der Waals surface area contributed by atoms with Gasteiger partial charge in [-0.1, -0.05) is 54.1 Å². The minimum Gasteiger partial charge on any atom is -0.295 e. The summed E-state index contributed by atoms with van der Waals surface area (Å²) >= 11 is 0. The second kappa shape index (κ2) is 9.55. The Morgan fingerprint density at radius 3 is 2.38 bits per heavy atom. The summed E-state index contributed by atoms with van der Waals surface area (Å²) in [4.78, 5) is 17.6. The fourth-order valence-corrected chi connectivity index (χ4v) is 5.39. The van der Waals surface area contributed by atoms with Crippen LogP contribution in [0.2, 0.25) is 0 Å². The van der Waals surface area contributed by atoms with Gasteiger partial charge in [0.05, 0.1) is 27.5 Å². The molecule has 0 bridgehead atoms. The van der Waals surface area contributed by atoms with Gasteiger partial charge >= 0.3 is 0 Å². The number of hydrogen-bond acceptors (Lipinski definition) is 4. The van der Waals surface area contributed by atoms with Gasteiger partial charge in [0.2, 0.25) is 0 Å². The van der Waals surface area contributed by atoms with E-state index < -0.39 is 10.0 Å². The summed E-state index contributed by atoms with van der Waals surface area (Å²) in [5.74, 6) is 0. The lowest BCUT2D eigenvalue weighted by atomic mass is 10.1. The van der Waals surface area contributed by atoms with E-state index in [1.165, 1.54) is 23.0 Å². The zero-order chi connectivity index (χ0) is 26.2. The highest BCUT2D eigenvalue weighted by atomic mass is 32.2. The summed E-state index contributed by atoms with van der Waals surface area (Å²) in [6.07, 6.45) is 1.51. The van der Waals surface area contributed by atoms with Crippen LogP contribution in [0.1, 0.15) is 22.4 Å². The fraction of sp³-hybridized carbons (Fsp3) is 0.103. The molecule has 0 amide bonds. The molecule has 8 heteroatoms. The quantitative estimate of drug-likeness (QED) is 0.283. The lowest BCUT2D eigenvalue weighted by Gasteiger charge is -2.11. The van der Waals surface area contributed by atoms with Crippen molar-refractivity contribution in [1.82, 2.24) is 9.78 Å². The van der Waals surface area contributed by atoms with Crippen molar-refractivity contribution >= 4 is 38.4 Å². The summed E-state index contributed by atoms with van der Waals surface area (Å²) in [6, 6.07) is 25.2. The van der Waals surface area contributed by atoms with E-state index in [2.05, 4.69) is 14.8 Å². The maximum Gasteiger partial charge on any atom is 0.280 e. The van der Waals surface area contributed by atoms with E-state index in [4.69, 9.17) is 0 Å². The highest BCUT2D eigenvalue weighted by Crippen LogP contribution is 2.26. The third-order valence-electron chi connectivity index (χ3n) is 6.23. The molecule has 0 aliphatic carbocycles. The van der Waals surface area contributed by atoms with Crippen LogP contribution in [0.25, 0.3) is 16.5 Å². The van der Waals surface area contributed by atoms with Crippen molar-refractivity contribution in [3.63, 3.8) is 0 Å². The molecule has 0 unspecified atom stereocenters. The molecule has 1 heterocycles. The zero-order valence-corrected chi connectivity index (χ0v) is 21.5. The first kappa shape index (κ1) is 24.3. The van der Waals surface area contributed by atoms with Gasteiger partial charge in [-0.05, 0) is 68.1 Å². The van der Waals surface area contributed by atoms with Crippen LogP contribution in [0.3, 0.4) is 0 Å². The third-order valence-corrected chi connectivity index (χ3v) is 7.62. The Hall–Kier alpha value is -4.43. The second-order valence-corrected chi connectivity index (χ2v) is 10.6. The number of benzene rings is 4. The number of rotatable bonds is 6. The smallest absolute Gasteiger partial charge is 0.280 e. The molecule has 0 saturated heterocycles. The topological polar surface area (TPSA) is 96.3 Å². The number of hydrogen-bond donors (Lipinski definition) is 2. The summed E-state index contributed by atoms with van der Waals surface area (Å²) in [5.41, 5.74) is 4.86. The number of aliphatic imine (C=N–C) groups is 1. The van der Waals surface area contributed by atoms with E-state index in [0.717, 1.165) is 27.6 Å². The number of aryl methyl sites for hydroxylation is 3. The maximum atomic E-state index is 13.1. The van der Waals surface area contributed by atoms with Crippen molar-refractivity contribution in [2.75, 3.05) is 4.72 Å². The number of nitrogens with zero attached hydrogens (tertiary/aromatic N) is 2. The predicted molar refractivity (Wildman–Crippen MR) is 149 cm³/mol. The monoisotopic (exact) mass is 510 g/mol. The van der Waals surface area contributed by atoms with Gasteiger partial charge in [0.15, 0.2) is 0 Å². The predicted octanol–water partition coefficient (Wildman–Crippen LogP) is 5.80. The summed E-state index contributed by atoms with van der Waals surface area (Å²) < 4.78 is 30.2. The second-order valence-electron chi connectivity index (χ2n) is 8.97. The van der Waals surface area contributed by atoms with Gasteiger partial charge in [-0.2, -0.15) is 0 Å². The number of sulfonamides is 1. The van der Waals surface area contributed by atoms with Crippen LogP contribution < -0.4 is 10.3 Å². The molecule has 0 aliphatic rings. The van der Waals surface area contributed by atoms with Gasteiger partial charge < -0.3 is 0 Å². The van der Waals surface area contributed by atoms with Crippen LogP contribution in [-0.4, -0.2) is 24.4 Å². The molecule has 186 valence electrons. The molecular formula is C29H26N4O3S. The standard InChI is InChI=1S/C29H26N4O3S/c1-19-11-16-28(20(2)17-19)33-29(34)26(21(3)31-33)18-30-23-12-14-24(15-13-23)37(35,36)32-27-10-6-8-22-7-4-5-9-25(22)27/h4-18,31-32H,1-3H3. The van der Waals surface area contributed by atoms with E-state index in [-0.39, 0.29) is 10.5 Å².